The van der Waals surface area contributed by atoms with Gasteiger partial charge in [-0.05, 0) is 31.1 Å². The molecule has 1 saturated carbocycles. The number of nitrogens with one attached hydrogen (secondary N) is 1. The summed E-state index contributed by atoms with van der Waals surface area (Å²) in [6.07, 6.45) is 4.76. The summed E-state index contributed by atoms with van der Waals surface area (Å²) >= 11 is 3.56. The molecule has 1 N–H and O–H groups in total. The molecule has 2 aliphatic rings. The highest BCUT2D eigenvalue weighted by Gasteiger charge is 2.28. The van der Waals surface area contributed by atoms with Gasteiger partial charge in [0.25, 0.3) is 0 Å². The molecule has 0 aromatic rings. The molecular weight excluding hydrogens is 270 g/mol. The lowest BCUT2D eigenvalue weighted by molar-refractivity contribution is -0.125. The van der Waals surface area contributed by atoms with Crippen molar-refractivity contribution in [3.63, 3.8) is 0 Å². The van der Waals surface area contributed by atoms with E-state index in [2.05, 4.69) is 21.2 Å². The van der Waals surface area contributed by atoms with Crippen LogP contribution in [0.3, 0.4) is 0 Å². The zero-order valence-electron chi connectivity index (χ0n) is 9.58. The lowest BCUT2D eigenvalue weighted by Crippen LogP contribution is -2.35. The molecule has 92 valence electrons. The highest BCUT2D eigenvalue weighted by molar-refractivity contribution is 9.09. The molecule has 2 fully saturated rings. The van der Waals surface area contributed by atoms with E-state index >= 15 is 0 Å². The molecule has 0 bridgehead atoms. The van der Waals surface area contributed by atoms with Gasteiger partial charge in [0.1, 0.15) is 0 Å². The fourth-order valence-electron chi connectivity index (χ4n) is 2.70. The predicted molar refractivity (Wildman–Crippen MR) is 66.6 cm³/mol. The predicted octanol–water partition coefficient (Wildman–Crippen LogP) is 1.95. The van der Waals surface area contributed by atoms with Gasteiger partial charge in [-0.2, -0.15) is 0 Å². The van der Waals surface area contributed by atoms with Crippen molar-refractivity contribution in [1.29, 1.82) is 0 Å². The molecule has 0 spiro atoms. The molecule has 1 aliphatic heterocycles. The number of amides is 1. The quantitative estimate of drug-likeness (QED) is 0.804. The number of hydrogen-bond donors (Lipinski definition) is 1. The molecule has 3 nitrogen and oxygen atoms in total. The molecule has 1 saturated heterocycles. The largest absolute Gasteiger partial charge is 0.381 e. The average Bonchev–Trinajstić information content (AvgIpc) is 2.96. The van der Waals surface area contributed by atoms with Crippen LogP contribution in [0.4, 0.5) is 0 Å². The van der Waals surface area contributed by atoms with E-state index in [1.807, 2.05) is 0 Å². The van der Waals surface area contributed by atoms with Crippen LogP contribution in [0.1, 0.15) is 25.7 Å². The molecule has 1 heterocycles. The Morgan fingerprint density at radius 1 is 1.31 bits per heavy atom. The third-order valence-corrected chi connectivity index (χ3v) is 4.69. The zero-order chi connectivity index (χ0) is 11.4. The number of carbonyl (C=O) groups is 1. The topological polar surface area (TPSA) is 38.3 Å². The summed E-state index contributed by atoms with van der Waals surface area (Å²) in [5.74, 6) is 1.72. The smallest absolute Gasteiger partial charge is 0.225 e. The number of alkyl halides is 1. The number of hydrogen-bond acceptors (Lipinski definition) is 2. The van der Waals surface area contributed by atoms with E-state index in [9.17, 15) is 4.79 Å². The van der Waals surface area contributed by atoms with Gasteiger partial charge in [0.15, 0.2) is 0 Å². The number of rotatable bonds is 4. The Kier molecular flexibility index (Phi) is 4.65. The van der Waals surface area contributed by atoms with Crippen LogP contribution in [-0.2, 0) is 9.53 Å². The maximum absolute atomic E-state index is 11.8. The second-order valence-electron chi connectivity index (χ2n) is 4.91. The third kappa shape index (κ3) is 2.98. The van der Waals surface area contributed by atoms with Crippen LogP contribution >= 0.6 is 15.9 Å². The van der Waals surface area contributed by atoms with Gasteiger partial charge >= 0.3 is 0 Å². The van der Waals surface area contributed by atoms with Crippen LogP contribution < -0.4 is 5.32 Å². The van der Waals surface area contributed by atoms with E-state index in [-0.39, 0.29) is 11.8 Å². The van der Waals surface area contributed by atoms with Gasteiger partial charge in [0, 0.05) is 18.5 Å². The van der Waals surface area contributed by atoms with Gasteiger partial charge in [-0.3, -0.25) is 4.79 Å². The van der Waals surface area contributed by atoms with Gasteiger partial charge in [0.05, 0.1) is 12.5 Å². The minimum absolute atomic E-state index is 0.101. The standard InChI is InChI=1S/C12H20BrNO2/c13-6-9-2-1-3-10(9)7-14-12(15)11-4-5-16-8-11/h9-11H,1-8H2,(H,14,15). The van der Waals surface area contributed by atoms with Gasteiger partial charge in [-0.1, -0.05) is 22.4 Å². The molecule has 0 aromatic heterocycles. The first-order valence-electron chi connectivity index (χ1n) is 6.22. The monoisotopic (exact) mass is 289 g/mol. The Morgan fingerprint density at radius 3 is 2.81 bits per heavy atom. The van der Waals surface area contributed by atoms with E-state index in [1.54, 1.807) is 0 Å². The minimum Gasteiger partial charge on any atom is -0.381 e. The summed E-state index contributed by atoms with van der Waals surface area (Å²) in [6, 6.07) is 0. The Hall–Kier alpha value is -0.0900. The van der Waals surface area contributed by atoms with Crippen molar-refractivity contribution in [3.05, 3.63) is 0 Å². The lowest BCUT2D eigenvalue weighted by atomic mass is 9.98. The summed E-state index contributed by atoms with van der Waals surface area (Å²) in [5.41, 5.74) is 0. The summed E-state index contributed by atoms with van der Waals surface area (Å²) in [6.45, 7) is 2.20. The SMILES string of the molecule is O=C(NCC1CCCC1CBr)C1CCOC1. The summed E-state index contributed by atoms with van der Waals surface area (Å²) in [7, 11) is 0. The molecule has 0 radical (unpaired) electrons. The summed E-state index contributed by atoms with van der Waals surface area (Å²) in [5, 5.41) is 4.16. The van der Waals surface area contributed by atoms with Crippen LogP contribution in [0.5, 0.6) is 0 Å². The second-order valence-corrected chi connectivity index (χ2v) is 5.56. The van der Waals surface area contributed by atoms with Gasteiger partial charge in [-0.15, -0.1) is 0 Å². The van der Waals surface area contributed by atoms with Crippen molar-refractivity contribution in [2.75, 3.05) is 25.1 Å². The van der Waals surface area contributed by atoms with Crippen molar-refractivity contribution in [2.45, 2.75) is 25.7 Å². The Bertz CT molecular complexity index is 241. The van der Waals surface area contributed by atoms with Crippen LogP contribution in [0.15, 0.2) is 0 Å². The first-order chi connectivity index (χ1) is 7.81. The molecule has 1 aliphatic carbocycles. The van der Waals surface area contributed by atoms with Crippen molar-refractivity contribution in [3.8, 4) is 0 Å². The third-order valence-electron chi connectivity index (χ3n) is 3.85. The van der Waals surface area contributed by atoms with Crippen molar-refractivity contribution in [2.24, 2.45) is 17.8 Å². The van der Waals surface area contributed by atoms with Gasteiger partial charge < -0.3 is 10.1 Å². The van der Waals surface area contributed by atoms with Crippen LogP contribution in [0.2, 0.25) is 0 Å². The number of carbonyl (C=O) groups excluding carboxylic acids is 1. The van der Waals surface area contributed by atoms with E-state index < -0.39 is 0 Å². The average molecular weight is 290 g/mol. The Morgan fingerprint density at radius 2 is 2.12 bits per heavy atom. The first-order valence-corrected chi connectivity index (χ1v) is 7.35. The maximum Gasteiger partial charge on any atom is 0.225 e. The number of halogens is 1. The summed E-state index contributed by atoms with van der Waals surface area (Å²) in [4.78, 5) is 11.8. The molecule has 2 rings (SSSR count). The fourth-order valence-corrected chi connectivity index (χ4v) is 3.56. The van der Waals surface area contributed by atoms with Gasteiger partial charge in [-0.25, -0.2) is 0 Å². The maximum atomic E-state index is 11.8. The number of ether oxygens (including phenoxy) is 1. The summed E-state index contributed by atoms with van der Waals surface area (Å²) < 4.78 is 5.22. The minimum atomic E-state index is 0.101. The van der Waals surface area contributed by atoms with Crippen LogP contribution in [0, 0.1) is 17.8 Å². The van der Waals surface area contributed by atoms with Crippen molar-refractivity contribution < 1.29 is 9.53 Å². The van der Waals surface area contributed by atoms with E-state index in [0.717, 1.165) is 30.8 Å². The van der Waals surface area contributed by atoms with Crippen LogP contribution in [-0.4, -0.2) is 31.0 Å². The highest BCUT2D eigenvalue weighted by Crippen LogP contribution is 2.32. The molecule has 3 unspecified atom stereocenters. The molecule has 1 amide bonds. The van der Waals surface area contributed by atoms with E-state index in [1.165, 1.54) is 19.3 Å². The van der Waals surface area contributed by atoms with Crippen molar-refractivity contribution >= 4 is 21.8 Å². The molecule has 3 atom stereocenters. The molecular formula is C12H20BrNO2. The van der Waals surface area contributed by atoms with Crippen molar-refractivity contribution in [1.82, 2.24) is 5.32 Å². The highest BCUT2D eigenvalue weighted by atomic mass is 79.9. The Balaban J connectivity index is 1.71. The van der Waals surface area contributed by atoms with E-state index in [4.69, 9.17) is 4.74 Å². The van der Waals surface area contributed by atoms with Gasteiger partial charge in [0.2, 0.25) is 5.91 Å². The lowest BCUT2D eigenvalue weighted by Gasteiger charge is -2.18. The molecule has 0 aromatic carbocycles. The fraction of sp³-hybridized carbons (Fsp3) is 0.917. The Labute approximate surface area is 105 Å². The second kappa shape index (κ2) is 6.01. The zero-order valence-corrected chi connectivity index (χ0v) is 11.2. The molecule has 4 heteroatoms. The normalized spacial score (nSPS) is 34.2. The molecule has 16 heavy (non-hydrogen) atoms. The van der Waals surface area contributed by atoms with Crippen LogP contribution in [0.25, 0.3) is 0 Å². The van der Waals surface area contributed by atoms with E-state index in [0.29, 0.717) is 12.5 Å². The first kappa shape index (κ1) is 12.4.